The monoisotopic (exact) mass is 1060 g/mol. The molecule has 31 atom stereocenters. The first-order valence-electron chi connectivity index (χ1n) is 26.6. The van der Waals surface area contributed by atoms with Crippen LogP contribution in [0.4, 0.5) is 0 Å². The first-order chi connectivity index (χ1) is 34.9. The van der Waals surface area contributed by atoms with Crippen molar-refractivity contribution in [2.75, 3.05) is 26.4 Å². The van der Waals surface area contributed by atoms with Gasteiger partial charge in [0.15, 0.2) is 30.9 Å². The second-order valence-electron chi connectivity index (χ2n) is 23.8. The quantitative estimate of drug-likeness (QED) is 0.0924. The summed E-state index contributed by atoms with van der Waals surface area (Å²) in [5.74, 6) is -2.52. The zero-order valence-corrected chi connectivity index (χ0v) is 42.4. The number of ether oxygens (including phenoxy) is 10. The van der Waals surface area contributed by atoms with Crippen LogP contribution in [-0.2, 0) is 47.4 Å². The summed E-state index contributed by atoms with van der Waals surface area (Å²) < 4.78 is 61.5. The highest BCUT2D eigenvalue weighted by Gasteiger charge is 2.81. The van der Waals surface area contributed by atoms with Crippen LogP contribution in [-0.4, -0.2) is 250 Å². The summed E-state index contributed by atoms with van der Waals surface area (Å²) in [6.07, 6.45) is -25.3. The van der Waals surface area contributed by atoms with Crippen molar-refractivity contribution >= 4 is 0 Å². The van der Waals surface area contributed by atoms with E-state index < -0.39 is 189 Å². The van der Waals surface area contributed by atoms with Crippen LogP contribution >= 0.6 is 0 Å². The Bertz CT molecular complexity index is 2020. The third-order valence-electron chi connectivity index (χ3n) is 20.0. The minimum Gasteiger partial charge on any atom is -0.394 e. The van der Waals surface area contributed by atoms with Crippen LogP contribution in [0.15, 0.2) is 11.6 Å². The normalized spacial score (nSPS) is 58.6. The molecule has 6 saturated heterocycles. The fourth-order valence-electron chi connectivity index (χ4n) is 15.2. The molecule has 74 heavy (non-hydrogen) atoms. The van der Waals surface area contributed by atoms with Crippen molar-refractivity contribution in [3.8, 4) is 0 Å². The Kier molecular flexibility index (Phi) is 15.5. The van der Waals surface area contributed by atoms with Crippen LogP contribution in [0.1, 0.15) is 86.0 Å². The number of rotatable bonds is 10. The Balaban J connectivity index is 0.847. The standard InChI is InChI=1S/C50H80O24/c1-19-17-66-49(13-27(19)69-44-38(61)35(58)33(56)28(15-51)70-44)21(3)50(64)30(74-49)14-48(63)25-7-6-22-12-23(8-10-46(22,4)24(25)9-11-47(48,50)5)68-45-41(73-43-37(60)34(57)31(54)20(2)67-43)39(62)40(29(16-52)71-45)72-42-36(59)32(55)26(53)18-65-42/h6,19-21,23-45,51-64H,7-18H2,1-5H3/t19-,20-,21+,23-,24-,25+,26+,27-,28+,29+,30-,31-,32-,33+,34+,35-,36+,37+,38+,39-,40+,41+,42-,43-,44+,45+,46-,47-,48+,49+,50+/m0/s1. The van der Waals surface area contributed by atoms with Crippen molar-refractivity contribution in [3.63, 3.8) is 0 Å². The predicted octanol–water partition coefficient (Wildman–Crippen LogP) is -4.12. The highest BCUT2D eigenvalue weighted by Crippen LogP contribution is 2.73. The van der Waals surface area contributed by atoms with E-state index in [9.17, 15) is 71.5 Å². The van der Waals surface area contributed by atoms with Gasteiger partial charge in [-0.1, -0.05) is 39.3 Å². The highest BCUT2D eigenvalue weighted by atomic mass is 16.8. The maximum Gasteiger partial charge on any atom is 0.187 e. The maximum atomic E-state index is 13.3. The lowest BCUT2D eigenvalue weighted by atomic mass is 9.44. The molecule has 0 aromatic rings. The zero-order chi connectivity index (χ0) is 53.4. The van der Waals surface area contributed by atoms with Gasteiger partial charge in [-0.2, -0.15) is 0 Å². The van der Waals surface area contributed by atoms with Gasteiger partial charge in [0.1, 0.15) is 91.1 Å². The molecule has 0 bridgehead atoms. The molecule has 24 heteroatoms. The van der Waals surface area contributed by atoms with E-state index in [-0.39, 0.29) is 37.2 Å². The van der Waals surface area contributed by atoms with Gasteiger partial charge in [-0.3, -0.25) is 0 Å². The number of aliphatic hydroxyl groups is 14. The summed E-state index contributed by atoms with van der Waals surface area (Å²) in [5.41, 5.74) is -3.27. The average molecular weight is 1070 g/mol. The van der Waals surface area contributed by atoms with Crippen LogP contribution in [0.25, 0.3) is 0 Å². The van der Waals surface area contributed by atoms with Crippen LogP contribution in [0.2, 0.25) is 0 Å². The zero-order valence-electron chi connectivity index (χ0n) is 42.4. The van der Waals surface area contributed by atoms with Gasteiger partial charge in [-0.05, 0) is 62.7 Å². The molecule has 10 rings (SSSR count). The number of fused-ring (bicyclic) bond motifs is 7. The third kappa shape index (κ3) is 8.64. The van der Waals surface area contributed by atoms with E-state index in [0.29, 0.717) is 38.5 Å². The fraction of sp³-hybridized carbons (Fsp3) is 0.960. The van der Waals surface area contributed by atoms with Gasteiger partial charge in [0.2, 0.25) is 0 Å². The molecule has 0 radical (unpaired) electrons. The molecule has 3 saturated carbocycles. The van der Waals surface area contributed by atoms with E-state index >= 15 is 0 Å². The van der Waals surface area contributed by atoms with E-state index in [0.717, 1.165) is 5.57 Å². The van der Waals surface area contributed by atoms with Gasteiger partial charge in [-0.25, -0.2) is 0 Å². The second-order valence-corrected chi connectivity index (χ2v) is 23.8. The molecule has 24 nitrogen and oxygen atoms in total. The molecule has 0 aromatic heterocycles. The van der Waals surface area contributed by atoms with Crippen LogP contribution in [0.3, 0.4) is 0 Å². The largest absolute Gasteiger partial charge is 0.394 e. The first kappa shape index (κ1) is 56.1. The lowest BCUT2D eigenvalue weighted by molar-refractivity contribution is -0.386. The number of hydrogen-bond acceptors (Lipinski definition) is 24. The lowest BCUT2D eigenvalue weighted by Gasteiger charge is -2.63. The van der Waals surface area contributed by atoms with Crippen molar-refractivity contribution < 1.29 is 119 Å². The number of hydrogen-bond donors (Lipinski definition) is 14. The summed E-state index contributed by atoms with van der Waals surface area (Å²) in [5, 5.41) is 153. The molecule has 424 valence electrons. The Morgan fingerprint density at radius 1 is 0.622 bits per heavy atom. The summed E-state index contributed by atoms with van der Waals surface area (Å²) >= 11 is 0. The minimum absolute atomic E-state index is 0.0116. The van der Waals surface area contributed by atoms with Crippen molar-refractivity contribution in [1.82, 2.24) is 0 Å². The van der Waals surface area contributed by atoms with E-state index in [2.05, 4.69) is 13.0 Å². The molecule has 1 spiro atoms. The van der Waals surface area contributed by atoms with Crippen molar-refractivity contribution in [3.05, 3.63) is 11.6 Å². The van der Waals surface area contributed by atoms with Crippen molar-refractivity contribution in [2.45, 2.75) is 238 Å². The smallest absolute Gasteiger partial charge is 0.187 e. The van der Waals surface area contributed by atoms with Crippen LogP contribution in [0.5, 0.6) is 0 Å². The second kappa shape index (κ2) is 20.4. The van der Waals surface area contributed by atoms with Gasteiger partial charge in [0.05, 0.1) is 56.4 Å². The van der Waals surface area contributed by atoms with Gasteiger partial charge in [-0.15, -0.1) is 0 Å². The minimum atomic E-state index is -1.78. The van der Waals surface area contributed by atoms with Gasteiger partial charge in [0, 0.05) is 30.1 Å². The Morgan fingerprint density at radius 2 is 1.27 bits per heavy atom. The Morgan fingerprint density at radius 3 is 1.97 bits per heavy atom. The molecule has 10 aliphatic rings. The van der Waals surface area contributed by atoms with Crippen LogP contribution < -0.4 is 0 Å². The predicted molar refractivity (Wildman–Crippen MR) is 245 cm³/mol. The van der Waals surface area contributed by atoms with Crippen molar-refractivity contribution in [2.24, 2.45) is 34.5 Å². The van der Waals surface area contributed by atoms with E-state index in [1.54, 1.807) is 0 Å². The van der Waals surface area contributed by atoms with Gasteiger partial charge >= 0.3 is 0 Å². The molecule has 9 fully saturated rings. The lowest BCUT2D eigenvalue weighted by Crippen LogP contribution is -2.67. The molecule has 14 N–H and O–H groups in total. The van der Waals surface area contributed by atoms with Crippen molar-refractivity contribution in [1.29, 1.82) is 0 Å². The molecule has 6 heterocycles. The Labute approximate surface area is 428 Å². The Hall–Kier alpha value is -1.22. The van der Waals surface area contributed by atoms with E-state index in [4.69, 9.17) is 47.4 Å². The third-order valence-corrected chi connectivity index (χ3v) is 20.0. The number of allylic oxidation sites excluding steroid dienone is 1. The van der Waals surface area contributed by atoms with Crippen LogP contribution in [0, 0.1) is 34.5 Å². The topological polar surface area (TPSA) is 376 Å². The summed E-state index contributed by atoms with van der Waals surface area (Å²) in [6, 6.07) is 0. The van der Waals surface area contributed by atoms with Gasteiger partial charge in [0.25, 0.3) is 0 Å². The van der Waals surface area contributed by atoms with E-state index in [1.165, 1.54) is 6.92 Å². The maximum absolute atomic E-state index is 13.3. The first-order valence-corrected chi connectivity index (χ1v) is 26.6. The molecule has 0 aromatic carbocycles. The summed E-state index contributed by atoms with van der Waals surface area (Å²) in [7, 11) is 0. The molecule has 6 aliphatic heterocycles. The number of aliphatic hydroxyl groups excluding tert-OH is 12. The molecule has 4 aliphatic carbocycles. The molecular formula is C50H80O24. The van der Waals surface area contributed by atoms with E-state index in [1.807, 2.05) is 20.8 Å². The fourth-order valence-corrected chi connectivity index (χ4v) is 15.2. The SMILES string of the molecule is C[C@@H]1O[C@@H](O[C@H]2[C@H](O[C@H]3CC[C@@]4(C)C(=CC[C@@H]5[C@@H]4CC[C@]4(C)[C@]6(O)[C@H](C[C@@]54O)O[C@]4(C[C@H](O[C@@H]5O[C@H](CO)[C@@H](O)[C@H](O)[C@H]5O)[C@@H](C)CO4)[C@H]6C)C3)O[C@H](CO)[C@@H](O[C@@H]3OC[C@@H](O)[C@H](O)[C@H]3O)[C@@H]2O)[C@H](O)[C@H](O)[C@H]1O. The molecule has 0 unspecified atom stereocenters. The highest BCUT2D eigenvalue weighted by molar-refractivity contribution is 5.33. The summed E-state index contributed by atoms with van der Waals surface area (Å²) in [4.78, 5) is 0. The van der Waals surface area contributed by atoms with Gasteiger partial charge < -0.3 is 119 Å². The molecule has 0 amide bonds. The average Bonchev–Trinajstić information content (AvgIpc) is 3.68. The molecular weight excluding hydrogens is 985 g/mol. The summed E-state index contributed by atoms with van der Waals surface area (Å²) in [6.45, 7) is 7.79.